The molecule has 0 saturated carbocycles. The van der Waals surface area contributed by atoms with Crippen LogP contribution >= 0.6 is 0 Å². The first kappa shape index (κ1) is 15.8. The Kier molecular flexibility index (Phi) is 3.62. The molecule has 2 heterocycles. The topological polar surface area (TPSA) is 93.3 Å². The molecule has 0 spiro atoms. The Morgan fingerprint density at radius 3 is 2.38 bits per heavy atom. The van der Waals surface area contributed by atoms with Crippen molar-refractivity contribution in [2.45, 2.75) is 6.92 Å². The normalized spacial score (nSPS) is 11.0. The van der Waals surface area contributed by atoms with Crippen LogP contribution in [0.15, 0.2) is 65.6 Å². The van der Waals surface area contributed by atoms with Gasteiger partial charge in [-0.3, -0.25) is 20.0 Å². The minimum atomic E-state index is -0.446. The van der Waals surface area contributed by atoms with Gasteiger partial charge in [-0.25, -0.2) is 9.50 Å². The molecule has 0 bridgehead atoms. The van der Waals surface area contributed by atoms with Crippen molar-refractivity contribution in [2.24, 2.45) is 0 Å². The zero-order chi connectivity index (χ0) is 18.3. The van der Waals surface area contributed by atoms with Crippen molar-refractivity contribution in [1.29, 1.82) is 0 Å². The predicted molar refractivity (Wildman–Crippen MR) is 98.1 cm³/mol. The summed E-state index contributed by atoms with van der Waals surface area (Å²) in [6.07, 6.45) is 1.68. The number of non-ortho nitro benzene ring substituents is 1. The number of hydrogen-bond acceptors (Lipinski definition) is 4. The van der Waals surface area contributed by atoms with Crippen molar-refractivity contribution >= 4 is 11.3 Å². The molecule has 0 aliphatic rings. The van der Waals surface area contributed by atoms with Crippen LogP contribution in [0.25, 0.3) is 27.9 Å². The number of nitro groups is 1. The first-order valence-electron chi connectivity index (χ1n) is 7.97. The van der Waals surface area contributed by atoms with Gasteiger partial charge in [0, 0.05) is 23.9 Å². The number of benzene rings is 2. The van der Waals surface area contributed by atoms with E-state index in [1.54, 1.807) is 25.3 Å². The molecule has 0 atom stereocenters. The van der Waals surface area contributed by atoms with E-state index >= 15 is 0 Å². The molecule has 7 nitrogen and oxygen atoms in total. The fourth-order valence-corrected chi connectivity index (χ4v) is 3.03. The molecule has 0 aliphatic heterocycles. The summed E-state index contributed by atoms with van der Waals surface area (Å²) in [7, 11) is 0. The average molecular weight is 346 g/mol. The van der Waals surface area contributed by atoms with Gasteiger partial charge in [0.2, 0.25) is 0 Å². The van der Waals surface area contributed by atoms with E-state index in [-0.39, 0.29) is 11.2 Å². The van der Waals surface area contributed by atoms with Crippen LogP contribution in [0.3, 0.4) is 0 Å². The van der Waals surface area contributed by atoms with E-state index in [0.717, 1.165) is 11.1 Å². The highest BCUT2D eigenvalue weighted by Crippen LogP contribution is 2.26. The fourth-order valence-electron chi connectivity index (χ4n) is 3.03. The average Bonchev–Trinajstić information content (AvgIpc) is 3.06. The van der Waals surface area contributed by atoms with Crippen LogP contribution in [0.2, 0.25) is 0 Å². The number of H-pyrrole nitrogens is 1. The van der Waals surface area contributed by atoms with Gasteiger partial charge in [-0.2, -0.15) is 0 Å². The summed E-state index contributed by atoms with van der Waals surface area (Å²) in [5.74, 6) is 0. The number of nitrogens with zero attached hydrogens (tertiary/aromatic N) is 3. The van der Waals surface area contributed by atoms with Crippen molar-refractivity contribution in [2.75, 3.05) is 0 Å². The fraction of sp³-hybridized carbons (Fsp3) is 0.0526. The van der Waals surface area contributed by atoms with Crippen molar-refractivity contribution in [1.82, 2.24) is 14.6 Å². The number of nitro benzene ring substituents is 1. The number of fused-ring (bicyclic) bond motifs is 1. The van der Waals surface area contributed by atoms with Crippen LogP contribution in [0, 0.1) is 17.0 Å². The molecule has 2 aromatic carbocycles. The molecule has 4 aromatic rings. The van der Waals surface area contributed by atoms with E-state index < -0.39 is 4.92 Å². The lowest BCUT2D eigenvalue weighted by atomic mass is 10.1. The quantitative estimate of drug-likeness (QED) is 0.453. The maximum absolute atomic E-state index is 12.9. The molecule has 128 valence electrons. The van der Waals surface area contributed by atoms with Crippen LogP contribution < -0.4 is 5.56 Å². The number of aryl methyl sites for hydroxylation is 1. The van der Waals surface area contributed by atoms with Gasteiger partial charge >= 0.3 is 0 Å². The van der Waals surface area contributed by atoms with Crippen molar-refractivity contribution in [3.8, 4) is 22.3 Å². The molecule has 4 rings (SSSR count). The lowest BCUT2D eigenvalue weighted by Gasteiger charge is -2.06. The number of rotatable bonds is 3. The smallest absolute Gasteiger partial charge is 0.280 e. The molecule has 0 amide bonds. The molecule has 0 radical (unpaired) electrons. The van der Waals surface area contributed by atoms with Gasteiger partial charge in [0.1, 0.15) is 0 Å². The molecule has 7 heteroatoms. The zero-order valence-corrected chi connectivity index (χ0v) is 13.8. The van der Waals surface area contributed by atoms with Gasteiger partial charge in [-0.15, -0.1) is 0 Å². The van der Waals surface area contributed by atoms with Crippen LogP contribution in [-0.4, -0.2) is 19.5 Å². The summed E-state index contributed by atoms with van der Waals surface area (Å²) < 4.78 is 1.39. The van der Waals surface area contributed by atoms with Crippen LogP contribution in [0.1, 0.15) is 5.69 Å². The van der Waals surface area contributed by atoms with E-state index in [9.17, 15) is 14.9 Å². The van der Waals surface area contributed by atoms with Crippen molar-refractivity contribution in [3.05, 3.63) is 87.0 Å². The highest BCUT2D eigenvalue weighted by atomic mass is 16.6. The summed E-state index contributed by atoms with van der Waals surface area (Å²) in [4.78, 5) is 27.9. The van der Waals surface area contributed by atoms with E-state index in [2.05, 4.69) is 10.1 Å². The van der Waals surface area contributed by atoms with Gasteiger partial charge in [0.25, 0.3) is 11.2 Å². The van der Waals surface area contributed by atoms with Gasteiger partial charge in [0.05, 0.1) is 16.2 Å². The minimum Gasteiger partial charge on any atom is -0.296 e. The molecule has 0 saturated heterocycles. The first-order chi connectivity index (χ1) is 12.6. The van der Waals surface area contributed by atoms with E-state index in [1.165, 1.54) is 16.6 Å². The van der Waals surface area contributed by atoms with Crippen molar-refractivity contribution < 1.29 is 4.92 Å². The first-order valence-corrected chi connectivity index (χ1v) is 7.97. The van der Waals surface area contributed by atoms with Gasteiger partial charge in [0.15, 0.2) is 5.65 Å². The van der Waals surface area contributed by atoms with Gasteiger partial charge in [-0.05, 0) is 30.2 Å². The third-order valence-corrected chi connectivity index (χ3v) is 4.29. The zero-order valence-electron chi connectivity index (χ0n) is 13.8. The summed E-state index contributed by atoms with van der Waals surface area (Å²) in [5.41, 5.74) is 3.74. The minimum absolute atomic E-state index is 0.0151. The lowest BCUT2D eigenvalue weighted by Crippen LogP contribution is -2.19. The molecular weight excluding hydrogens is 332 g/mol. The number of aromatic amines is 1. The van der Waals surface area contributed by atoms with Crippen molar-refractivity contribution in [3.63, 3.8) is 0 Å². The Balaban J connectivity index is 1.90. The summed E-state index contributed by atoms with van der Waals surface area (Å²) in [6.45, 7) is 1.80. The molecule has 2 aromatic heterocycles. The SMILES string of the molecule is Cc1nc2c(-c3ccc([N+](=O)[O-])cc3)c[nH]n2c(=O)c1-c1ccccc1. The lowest BCUT2D eigenvalue weighted by molar-refractivity contribution is -0.384. The Labute approximate surface area is 147 Å². The maximum Gasteiger partial charge on any atom is 0.280 e. The Morgan fingerprint density at radius 1 is 1.04 bits per heavy atom. The molecule has 0 unspecified atom stereocenters. The highest BCUT2D eigenvalue weighted by molar-refractivity contribution is 5.79. The number of nitrogens with one attached hydrogen (secondary N) is 1. The standard InChI is InChI=1S/C19H14N4O3/c1-12-17(14-5-3-2-4-6-14)19(24)22-18(21-12)16(11-20-22)13-7-9-15(10-8-13)23(25)26/h2-11,20H,1H3. The number of aromatic nitrogens is 3. The Morgan fingerprint density at radius 2 is 1.73 bits per heavy atom. The molecule has 0 aliphatic carbocycles. The summed E-state index contributed by atoms with van der Waals surface area (Å²) in [5, 5.41) is 13.8. The maximum atomic E-state index is 12.9. The second-order valence-electron chi connectivity index (χ2n) is 5.89. The second kappa shape index (κ2) is 5.96. The molecule has 0 fully saturated rings. The van der Waals surface area contributed by atoms with Gasteiger partial charge in [-0.1, -0.05) is 30.3 Å². The van der Waals surface area contributed by atoms with Crippen LogP contribution in [-0.2, 0) is 0 Å². The second-order valence-corrected chi connectivity index (χ2v) is 5.89. The van der Waals surface area contributed by atoms with Crippen LogP contribution in [0.5, 0.6) is 0 Å². The third kappa shape index (κ3) is 2.46. The molecule has 26 heavy (non-hydrogen) atoms. The van der Waals surface area contributed by atoms with E-state index in [4.69, 9.17) is 0 Å². The molecular formula is C19H14N4O3. The monoisotopic (exact) mass is 346 g/mol. The predicted octanol–water partition coefficient (Wildman–Crippen LogP) is 3.57. The highest BCUT2D eigenvalue weighted by Gasteiger charge is 2.16. The van der Waals surface area contributed by atoms with Gasteiger partial charge < -0.3 is 0 Å². The summed E-state index contributed by atoms with van der Waals surface area (Å²) >= 11 is 0. The van der Waals surface area contributed by atoms with E-state index in [0.29, 0.717) is 22.5 Å². The largest absolute Gasteiger partial charge is 0.296 e. The van der Waals surface area contributed by atoms with Crippen LogP contribution in [0.4, 0.5) is 5.69 Å². The third-order valence-electron chi connectivity index (χ3n) is 4.29. The summed E-state index contributed by atoms with van der Waals surface area (Å²) in [6, 6.07) is 15.5. The Bertz CT molecular complexity index is 1180. The van der Waals surface area contributed by atoms with E-state index in [1.807, 2.05) is 30.3 Å². The molecule has 1 N–H and O–H groups in total. The number of hydrogen-bond donors (Lipinski definition) is 1. The Hall–Kier alpha value is -3.74.